The van der Waals surface area contributed by atoms with Gasteiger partial charge in [-0.25, -0.2) is 0 Å². The van der Waals surface area contributed by atoms with Gasteiger partial charge < -0.3 is 14.7 Å². The summed E-state index contributed by atoms with van der Waals surface area (Å²) >= 11 is 0. The second-order valence-corrected chi connectivity index (χ2v) is 8.66. The van der Waals surface area contributed by atoms with Crippen LogP contribution in [0.4, 0.5) is 11.4 Å². The molecule has 0 bridgehead atoms. The number of amides is 1. The molecule has 1 heterocycles. The first-order valence-electron chi connectivity index (χ1n) is 11.7. The van der Waals surface area contributed by atoms with Crippen LogP contribution in [0.3, 0.4) is 0 Å². The van der Waals surface area contributed by atoms with Crippen molar-refractivity contribution in [1.29, 1.82) is 0 Å². The van der Waals surface area contributed by atoms with E-state index in [0.717, 1.165) is 16.8 Å². The minimum Gasteiger partial charge on any atom is -0.503 e. The van der Waals surface area contributed by atoms with Crippen LogP contribution in [0.25, 0.3) is 0 Å². The molecule has 0 saturated carbocycles. The summed E-state index contributed by atoms with van der Waals surface area (Å²) in [4.78, 5) is 30.2. The lowest BCUT2D eigenvalue weighted by Crippen LogP contribution is -2.31. The van der Waals surface area contributed by atoms with Crippen molar-refractivity contribution in [2.45, 2.75) is 25.8 Å². The molecule has 6 heteroatoms. The molecule has 0 radical (unpaired) electrons. The maximum atomic E-state index is 13.4. The Morgan fingerprint density at radius 2 is 1.63 bits per heavy atom. The Morgan fingerprint density at radius 1 is 0.971 bits per heavy atom. The van der Waals surface area contributed by atoms with Crippen LogP contribution in [-0.2, 0) is 16.0 Å². The van der Waals surface area contributed by atoms with E-state index in [-0.39, 0.29) is 17.8 Å². The topological polar surface area (TPSA) is 70.1 Å². The van der Waals surface area contributed by atoms with Crippen LogP contribution in [-0.4, -0.2) is 37.5 Å². The van der Waals surface area contributed by atoms with Gasteiger partial charge in [0.05, 0.1) is 18.2 Å². The molecule has 3 aromatic rings. The number of aliphatic hydroxyl groups is 1. The molecule has 1 N–H and O–H groups in total. The first kappa shape index (κ1) is 24.1. The molecule has 0 saturated heterocycles. The van der Waals surface area contributed by atoms with E-state index in [4.69, 9.17) is 4.74 Å². The number of ketones is 1. The van der Waals surface area contributed by atoms with Crippen LogP contribution >= 0.6 is 0 Å². The molecule has 1 aliphatic rings. The van der Waals surface area contributed by atoms with E-state index < -0.39 is 17.7 Å². The summed E-state index contributed by atoms with van der Waals surface area (Å²) in [6, 6.07) is 23.8. The van der Waals surface area contributed by atoms with Crippen LogP contribution in [0.1, 0.15) is 30.5 Å². The van der Waals surface area contributed by atoms with E-state index in [2.05, 4.69) is 0 Å². The largest absolute Gasteiger partial charge is 0.503 e. The number of hydrogen-bond donors (Lipinski definition) is 1. The Labute approximate surface area is 206 Å². The minimum absolute atomic E-state index is 0.131. The predicted octanol–water partition coefficient (Wildman–Crippen LogP) is 5.25. The third-order valence-corrected chi connectivity index (χ3v) is 6.14. The smallest absolute Gasteiger partial charge is 0.294 e. The average Bonchev–Trinajstić information content (AvgIpc) is 3.14. The van der Waals surface area contributed by atoms with Gasteiger partial charge in [-0.05, 0) is 60.9 Å². The van der Waals surface area contributed by atoms with Gasteiger partial charge in [-0.1, -0.05) is 42.5 Å². The summed E-state index contributed by atoms with van der Waals surface area (Å²) in [5.74, 6) is -0.609. The molecule has 0 aliphatic carbocycles. The van der Waals surface area contributed by atoms with Gasteiger partial charge in [0.1, 0.15) is 5.75 Å². The number of benzene rings is 3. The highest BCUT2D eigenvalue weighted by molar-refractivity contribution is 6.16. The van der Waals surface area contributed by atoms with Gasteiger partial charge in [0.15, 0.2) is 11.5 Å². The number of aliphatic hydroxyl groups excluding tert-OH is 1. The quantitative estimate of drug-likeness (QED) is 0.462. The Balaban J connectivity index is 1.71. The number of hydrogen-bond acceptors (Lipinski definition) is 5. The first-order chi connectivity index (χ1) is 16.9. The number of carbonyl (C=O) groups excluding carboxylic acids is 2. The van der Waals surface area contributed by atoms with E-state index in [1.807, 2.05) is 105 Å². The van der Waals surface area contributed by atoms with Crippen molar-refractivity contribution < 1.29 is 19.4 Å². The highest BCUT2D eigenvalue weighted by Crippen LogP contribution is 2.42. The molecular formula is C29H30N2O4. The molecule has 0 aromatic heterocycles. The van der Waals surface area contributed by atoms with Crippen molar-refractivity contribution in [3.8, 4) is 5.75 Å². The van der Waals surface area contributed by atoms with Gasteiger partial charge in [0, 0.05) is 31.9 Å². The number of ether oxygens (including phenoxy) is 1. The highest BCUT2D eigenvalue weighted by Gasteiger charge is 2.44. The second-order valence-electron chi connectivity index (χ2n) is 8.66. The van der Waals surface area contributed by atoms with E-state index in [1.165, 1.54) is 4.90 Å². The molecular weight excluding hydrogens is 440 g/mol. The lowest BCUT2D eigenvalue weighted by atomic mass is 9.93. The number of nitrogens with zero attached hydrogens (tertiary/aromatic N) is 2. The van der Waals surface area contributed by atoms with Crippen molar-refractivity contribution in [2.75, 3.05) is 30.5 Å². The van der Waals surface area contributed by atoms with Gasteiger partial charge in [0.25, 0.3) is 5.91 Å². The second kappa shape index (κ2) is 10.5. The van der Waals surface area contributed by atoms with Crippen molar-refractivity contribution in [1.82, 2.24) is 0 Å². The molecule has 3 aromatic carbocycles. The van der Waals surface area contributed by atoms with Gasteiger partial charge in [-0.15, -0.1) is 0 Å². The van der Waals surface area contributed by atoms with Crippen molar-refractivity contribution in [3.63, 3.8) is 0 Å². The normalized spacial score (nSPS) is 15.5. The van der Waals surface area contributed by atoms with Crippen molar-refractivity contribution >= 4 is 23.1 Å². The minimum atomic E-state index is -0.730. The molecule has 35 heavy (non-hydrogen) atoms. The lowest BCUT2D eigenvalue weighted by Gasteiger charge is -2.27. The molecule has 1 amide bonds. The standard InChI is InChI=1S/C29H30N2O4/c1-4-35-24-17-11-21(12-18-24)27-26(25(32)19-10-20-8-6-5-7-9-20)28(33)29(34)31(27)23-15-13-22(14-16-23)30(2)3/h5-9,11-18,27,33H,4,10,19H2,1-3H3. The summed E-state index contributed by atoms with van der Waals surface area (Å²) < 4.78 is 5.56. The number of aryl methyl sites for hydroxylation is 1. The van der Waals surface area contributed by atoms with E-state index >= 15 is 0 Å². The monoisotopic (exact) mass is 470 g/mol. The lowest BCUT2D eigenvalue weighted by molar-refractivity contribution is -0.118. The van der Waals surface area contributed by atoms with Gasteiger partial charge in [0.2, 0.25) is 0 Å². The predicted molar refractivity (Wildman–Crippen MR) is 138 cm³/mol. The van der Waals surface area contributed by atoms with Crippen molar-refractivity contribution in [3.05, 3.63) is 101 Å². The fourth-order valence-electron chi connectivity index (χ4n) is 4.33. The zero-order chi connectivity index (χ0) is 24.9. The third-order valence-electron chi connectivity index (χ3n) is 6.14. The van der Waals surface area contributed by atoms with Gasteiger partial charge in [-0.3, -0.25) is 14.5 Å². The zero-order valence-corrected chi connectivity index (χ0v) is 20.3. The number of carbonyl (C=O) groups is 2. The number of Topliss-reactive ketones (excluding diaryl/α,β-unsaturated/α-hetero) is 1. The molecule has 1 aliphatic heterocycles. The van der Waals surface area contributed by atoms with Gasteiger partial charge in [-0.2, -0.15) is 0 Å². The third kappa shape index (κ3) is 5.06. The summed E-state index contributed by atoms with van der Waals surface area (Å²) in [5.41, 5.74) is 3.47. The zero-order valence-electron chi connectivity index (χ0n) is 20.3. The Morgan fingerprint density at radius 3 is 2.23 bits per heavy atom. The molecule has 0 fully saturated rings. The van der Waals surface area contributed by atoms with Crippen molar-refractivity contribution in [2.24, 2.45) is 0 Å². The van der Waals surface area contributed by atoms with Crippen LogP contribution < -0.4 is 14.5 Å². The molecule has 0 spiro atoms. The molecule has 1 atom stereocenters. The first-order valence-corrected chi connectivity index (χ1v) is 11.7. The summed E-state index contributed by atoms with van der Waals surface area (Å²) in [7, 11) is 3.88. The molecule has 4 rings (SSSR count). The van der Waals surface area contributed by atoms with Gasteiger partial charge >= 0.3 is 0 Å². The fourth-order valence-corrected chi connectivity index (χ4v) is 4.33. The Kier molecular flexibility index (Phi) is 7.20. The maximum absolute atomic E-state index is 13.4. The maximum Gasteiger partial charge on any atom is 0.294 e. The number of anilines is 2. The van der Waals surface area contributed by atoms with Crippen LogP contribution in [0.5, 0.6) is 5.75 Å². The summed E-state index contributed by atoms with van der Waals surface area (Å²) in [6.45, 7) is 2.45. The summed E-state index contributed by atoms with van der Waals surface area (Å²) in [5, 5.41) is 10.9. The van der Waals surface area contributed by atoms with Crippen LogP contribution in [0.2, 0.25) is 0 Å². The van der Waals surface area contributed by atoms with E-state index in [0.29, 0.717) is 24.5 Å². The Bertz CT molecular complexity index is 1220. The fraction of sp³-hybridized carbons (Fsp3) is 0.241. The Hall–Kier alpha value is -4.06. The molecule has 6 nitrogen and oxygen atoms in total. The van der Waals surface area contributed by atoms with E-state index in [1.54, 1.807) is 0 Å². The summed E-state index contributed by atoms with van der Waals surface area (Å²) in [6.07, 6.45) is 0.718. The molecule has 180 valence electrons. The van der Waals surface area contributed by atoms with Crippen LogP contribution in [0, 0.1) is 0 Å². The SMILES string of the molecule is CCOc1ccc(C2C(C(=O)CCc3ccccc3)=C(O)C(=O)N2c2ccc(N(C)C)cc2)cc1. The van der Waals surface area contributed by atoms with E-state index in [9.17, 15) is 14.7 Å². The number of rotatable bonds is 9. The average molecular weight is 471 g/mol. The van der Waals surface area contributed by atoms with Crippen LogP contribution in [0.15, 0.2) is 90.2 Å². The highest BCUT2D eigenvalue weighted by atomic mass is 16.5. The molecule has 1 unspecified atom stereocenters.